The van der Waals surface area contributed by atoms with Gasteiger partial charge in [-0.15, -0.1) is 0 Å². The Morgan fingerprint density at radius 2 is 2.11 bits per heavy atom. The molecule has 0 bridgehead atoms. The molecule has 0 saturated heterocycles. The molecule has 0 atom stereocenters. The van der Waals surface area contributed by atoms with Crippen molar-refractivity contribution < 1.29 is 0 Å². The van der Waals surface area contributed by atoms with Crippen LogP contribution in [-0.2, 0) is 0 Å². The second-order valence-corrected chi connectivity index (χ2v) is 5.17. The van der Waals surface area contributed by atoms with E-state index in [0.29, 0.717) is 17.4 Å². The van der Waals surface area contributed by atoms with E-state index in [-0.39, 0.29) is 0 Å². The summed E-state index contributed by atoms with van der Waals surface area (Å²) in [6.07, 6.45) is 2.23. The van der Waals surface area contributed by atoms with Crippen molar-refractivity contribution in [1.29, 1.82) is 5.26 Å². The Labute approximate surface area is 116 Å². The Kier molecular flexibility index (Phi) is 6.31. The number of pyridine rings is 1. The summed E-state index contributed by atoms with van der Waals surface area (Å²) in [5.74, 6) is 0.708. The minimum atomic E-state index is 0.594. The van der Waals surface area contributed by atoms with Crippen LogP contribution in [0.4, 0.5) is 5.82 Å². The zero-order chi connectivity index (χ0) is 14.3. The minimum absolute atomic E-state index is 0.594. The van der Waals surface area contributed by atoms with Crippen LogP contribution in [0.1, 0.15) is 37.9 Å². The Balaban J connectivity index is 2.34. The van der Waals surface area contributed by atoms with Gasteiger partial charge in [0.2, 0.25) is 0 Å². The Morgan fingerprint density at radius 1 is 1.37 bits per heavy atom. The molecule has 0 amide bonds. The van der Waals surface area contributed by atoms with Gasteiger partial charge in [0.1, 0.15) is 11.9 Å². The summed E-state index contributed by atoms with van der Waals surface area (Å²) in [4.78, 5) is 6.70. The first-order chi connectivity index (χ1) is 9.04. The number of unbranched alkanes of at least 4 members (excludes halogenated alkanes) is 1. The van der Waals surface area contributed by atoms with Gasteiger partial charge in [-0.3, -0.25) is 0 Å². The number of anilines is 1. The van der Waals surface area contributed by atoms with Gasteiger partial charge in [0.15, 0.2) is 0 Å². The summed E-state index contributed by atoms with van der Waals surface area (Å²) >= 11 is 0. The summed E-state index contributed by atoms with van der Waals surface area (Å²) in [6.45, 7) is 8.30. The van der Waals surface area contributed by atoms with E-state index >= 15 is 0 Å². The van der Waals surface area contributed by atoms with Crippen molar-refractivity contribution in [2.75, 3.05) is 25.5 Å². The lowest BCUT2D eigenvalue weighted by Crippen LogP contribution is -2.27. The first kappa shape index (κ1) is 15.5. The minimum Gasteiger partial charge on any atom is -0.369 e. The van der Waals surface area contributed by atoms with Crippen molar-refractivity contribution in [3.63, 3.8) is 0 Å². The normalized spacial score (nSPS) is 10.8. The first-order valence-corrected chi connectivity index (χ1v) is 6.86. The van der Waals surface area contributed by atoms with Gasteiger partial charge in [0.25, 0.3) is 0 Å². The standard InChI is InChI=1S/C15H24N4/c1-12(2)19(4)10-6-5-9-17-15-14(11-16)8-7-13(3)18-15/h7-8,12H,5-6,9-10H2,1-4H3,(H,17,18). The van der Waals surface area contributed by atoms with Crippen LogP contribution >= 0.6 is 0 Å². The molecule has 0 aliphatic heterocycles. The van der Waals surface area contributed by atoms with E-state index in [1.54, 1.807) is 0 Å². The van der Waals surface area contributed by atoms with E-state index < -0.39 is 0 Å². The van der Waals surface area contributed by atoms with Crippen molar-refractivity contribution >= 4 is 5.82 Å². The molecule has 104 valence electrons. The van der Waals surface area contributed by atoms with Gasteiger partial charge < -0.3 is 10.2 Å². The summed E-state index contributed by atoms with van der Waals surface area (Å²) in [5, 5.41) is 12.3. The molecular weight excluding hydrogens is 236 g/mol. The molecule has 4 nitrogen and oxygen atoms in total. The highest BCUT2D eigenvalue weighted by Crippen LogP contribution is 2.12. The number of hydrogen-bond donors (Lipinski definition) is 1. The van der Waals surface area contributed by atoms with Crippen molar-refractivity contribution in [2.24, 2.45) is 0 Å². The highest BCUT2D eigenvalue weighted by atomic mass is 15.1. The van der Waals surface area contributed by atoms with Crippen molar-refractivity contribution in [2.45, 2.75) is 39.7 Å². The maximum absolute atomic E-state index is 9.01. The van der Waals surface area contributed by atoms with Crippen LogP contribution in [0.25, 0.3) is 0 Å². The van der Waals surface area contributed by atoms with Gasteiger partial charge in [0, 0.05) is 18.3 Å². The fourth-order valence-electron chi connectivity index (χ4n) is 1.73. The highest BCUT2D eigenvalue weighted by molar-refractivity contribution is 5.52. The Morgan fingerprint density at radius 3 is 2.74 bits per heavy atom. The smallest absolute Gasteiger partial charge is 0.144 e. The molecule has 0 saturated carbocycles. The average molecular weight is 260 g/mol. The third kappa shape index (κ3) is 5.27. The van der Waals surface area contributed by atoms with E-state index in [1.807, 2.05) is 19.1 Å². The van der Waals surface area contributed by atoms with Crippen molar-refractivity contribution in [3.05, 3.63) is 23.4 Å². The third-order valence-corrected chi connectivity index (χ3v) is 3.27. The number of rotatable bonds is 7. The molecule has 0 radical (unpaired) electrons. The molecule has 0 fully saturated rings. The number of aryl methyl sites for hydroxylation is 1. The van der Waals surface area contributed by atoms with Crippen LogP contribution in [0.3, 0.4) is 0 Å². The van der Waals surface area contributed by atoms with Gasteiger partial charge in [0.05, 0.1) is 5.56 Å². The monoisotopic (exact) mass is 260 g/mol. The molecule has 1 rings (SSSR count). The van der Waals surface area contributed by atoms with Crippen molar-refractivity contribution in [1.82, 2.24) is 9.88 Å². The largest absolute Gasteiger partial charge is 0.369 e. The second-order valence-electron chi connectivity index (χ2n) is 5.17. The van der Waals surface area contributed by atoms with Gasteiger partial charge in [-0.2, -0.15) is 5.26 Å². The second kappa shape index (κ2) is 7.75. The van der Waals surface area contributed by atoms with Gasteiger partial charge in [-0.05, 0) is 59.3 Å². The molecule has 4 heteroatoms. The summed E-state index contributed by atoms with van der Waals surface area (Å²) in [6, 6.07) is 6.44. The molecule has 1 heterocycles. The van der Waals surface area contributed by atoms with Gasteiger partial charge >= 0.3 is 0 Å². The fraction of sp³-hybridized carbons (Fsp3) is 0.600. The average Bonchev–Trinajstić information content (AvgIpc) is 2.38. The topological polar surface area (TPSA) is 52.0 Å². The predicted octanol–water partition coefficient (Wildman–Crippen LogP) is 2.79. The summed E-state index contributed by atoms with van der Waals surface area (Å²) in [7, 11) is 2.15. The SMILES string of the molecule is Cc1ccc(C#N)c(NCCCCN(C)C(C)C)n1. The molecule has 0 spiro atoms. The number of aromatic nitrogens is 1. The van der Waals surface area contributed by atoms with Crippen LogP contribution in [-0.4, -0.2) is 36.1 Å². The summed E-state index contributed by atoms with van der Waals surface area (Å²) < 4.78 is 0. The quantitative estimate of drug-likeness (QED) is 0.766. The number of hydrogen-bond acceptors (Lipinski definition) is 4. The Hall–Kier alpha value is -1.60. The Bertz CT molecular complexity index is 434. The molecule has 0 unspecified atom stereocenters. The number of nitrogens with one attached hydrogen (secondary N) is 1. The highest BCUT2D eigenvalue weighted by Gasteiger charge is 2.04. The zero-order valence-electron chi connectivity index (χ0n) is 12.4. The van der Waals surface area contributed by atoms with Crippen LogP contribution in [0.2, 0.25) is 0 Å². The number of nitrogens with zero attached hydrogens (tertiary/aromatic N) is 3. The molecule has 1 N–H and O–H groups in total. The molecule has 19 heavy (non-hydrogen) atoms. The van der Waals surface area contributed by atoms with Crippen LogP contribution in [0.15, 0.2) is 12.1 Å². The fourth-order valence-corrected chi connectivity index (χ4v) is 1.73. The van der Waals surface area contributed by atoms with E-state index in [1.165, 1.54) is 0 Å². The van der Waals surface area contributed by atoms with Crippen LogP contribution in [0.5, 0.6) is 0 Å². The third-order valence-electron chi connectivity index (χ3n) is 3.27. The van der Waals surface area contributed by atoms with Gasteiger partial charge in [-0.25, -0.2) is 4.98 Å². The predicted molar refractivity (Wildman–Crippen MR) is 79.2 cm³/mol. The van der Waals surface area contributed by atoms with Crippen LogP contribution in [0, 0.1) is 18.3 Å². The first-order valence-electron chi connectivity index (χ1n) is 6.86. The van der Waals surface area contributed by atoms with E-state index in [9.17, 15) is 0 Å². The van der Waals surface area contributed by atoms with E-state index in [2.05, 4.69) is 42.2 Å². The van der Waals surface area contributed by atoms with Gasteiger partial charge in [-0.1, -0.05) is 0 Å². The molecule has 0 aliphatic carbocycles. The van der Waals surface area contributed by atoms with E-state index in [4.69, 9.17) is 5.26 Å². The number of nitriles is 1. The van der Waals surface area contributed by atoms with Crippen molar-refractivity contribution in [3.8, 4) is 6.07 Å². The zero-order valence-corrected chi connectivity index (χ0v) is 12.4. The lowest BCUT2D eigenvalue weighted by atomic mass is 10.2. The molecule has 1 aromatic rings. The molecule has 0 aromatic carbocycles. The molecule has 1 aromatic heterocycles. The van der Waals surface area contributed by atoms with Crippen LogP contribution < -0.4 is 5.32 Å². The summed E-state index contributed by atoms with van der Waals surface area (Å²) in [5.41, 5.74) is 1.55. The molecule has 0 aliphatic rings. The molecular formula is C15H24N4. The maximum atomic E-state index is 9.01. The lowest BCUT2D eigenvalue weighted by Gasteiger charge is -2.20. The lowest BCUT2D eigenvalue weighted by molar-refractivity contribution is 0.269. The maximum Gasteiger partial charge on any atom is 0.144 e. The van der Waals surface area contributed by atoms with E-state index in [0.717, 1.165) is 31.6 Å².